The molecule has 1 aromatic rings. The number of amides is 1. The second-order valence-electron chi connectivity index (χ2n) is 8.26. The molecule has 1 aliphatic rings. The SMILES string of the molecule is CC1CCCN(C(=O)CCCOc2ccc(C(C)(C)C)cc2Br)CC1. The molecule has 0 bridgehead atoms. The van der Waals surface area contributed by atoms with E-state index in [1.54, 1.807) is 0 Å². The van der Waals surface area contributed by atoms with Crippen molar-refractivity contribution in [1.82, 2.24) is 4.90 Å². The number of halogens is 1. The third kappa shape index (κ3) is 6.32. The van der Waals surface area contributed by atoms with Crippen LogP contribution in [0.2, 0.25) is 0 Å². The summed E-state index contributed by atoms with van der Waals surface area (Å²) in [4.78, 5) is 14.4. The minimum Gasteiger partial charge on any atom is -0.492 e. The maximum atomic E-state index is 12.4. The lowest BCUT2D eigenvalue weighted by Gasteiger charge is -2.21. The number of carbonyl (C=O) groups excluding carboxylic acids is 1. The zero-order valence-electron chi connectivity index (χ0n) is 16.1. The average Bonchev–Trinajstić information content (AvgIpc) is 2.76. The van der Waals surface area contributed by atoms with E-state index in [4.69, 9.17) is 4.74 Å². The van der Waals surface area contributed by atoms with Gasteiger partial charge in [0.15, 0.2) is 0 Å². The molecular formula is C21H32BrNO2. The number of ether oxygens (including phenoxy) is 1. The van der Waals surface area contributed by atoms with Crippen LogP contribution in [-0.4, -0.2) is 30.5 Å². The lowest BCUT2D eigenvalue weighted by Crippen LogP contribution is -2.32. The van der Waals surface area contributed by atoms with Crippen LogP contribution < -0.4 is 4.74 Å². The van der Waals surface area contributed by atoms with E-state index >= 15 is 0 Å². The van der Waals surface area contributed by atoms with Crippen molar-refractivity contribution in [2.75, 3.05) is 19.7 Å². The van der Waals surface area contributed by atoms with Gasteiger partial charge in [0, 0.05) is 19.5 Å². The topological polar surface area (TPSA) is 29.5 Å². The van der Waals surface area contributed by atoms with Crippen LogP contribution in [0.15, 0.2) is 22.7 Å². The number of benzene rings is 1. The van der Waals surface area contributed by atoms with Gasteiger partial charge >= 0.3 is 0 Å². The monoisotopic (exact) mass is 409 g/mol. The van der Waals surface area contributed by atoms with Crippen molar-refractivity contribution in [3.05, 3.63) is 28.2 Å². The fraction of sp³-hybridized carbons (Fsp3) is 0.667. The molecule has 1 saturated heterocycles. The Morgan fingerprint density at radius 1 is 1.28 bits per heavy atom. The average molecular weight is 410 g/mol. The number of nitrogens with zero attached hydrogens (tertiary/aromatic N) is 1. The van der Waals surface area contributed by atoms with Crippen molar-refractivity contribution in [3.8, 4) is 5.75 Å². The van der Waals surface area contributed by atoms with Crippen LogP contribution in [0.1, 0.15) is 65.4 Å². The van der Waals surface area contributed by atoms with Gasteiger partial charge in [-0.1, -0.05) is 33.8 Å². The highest BCUT2D eigenvalue weighted by Gasteiger charge is 2.18. The van der Waals surface area contributed by atoms with Gasteiger partial charge in [-0.25, -0.2) is 0 Å². The van der Waals surface area contributed by atoms with Crippen LogP contribution in [0.5, 0.6) is 5.75 Å². The molecule has 1 fully saturated rings. The van der Waals surface area contributed by atoms with Gasteiger partial charge in [-0.05, 0) is 70.6 Å². The molecule has 2 rings (SSSR count). The van der Waals surface area contributed by atoms with Gasteiger partial charge in [-0.2, -0.15) is 0 Å². The van der Waals surface area contributed by atoms with Crippen molar-refractivity contribution in [3.63, 3.8) is 0 Å². The smallest absolute Gasteiger partial charge is 0.222 e. The lowest BCUT2D eigenvalue weighted by atomic mass is 9.87. The number of hydrogen-bond donors (Lipinski definition) is 0. The summed E-state index contributed by atoms with van der Waals surface area (Å²) < 4.78 is 6.85. The molecule has 0 saturated carbocycles. The lowest BCUT2D eigenvalue weighted by molar-refractivity contribution is -0.131. The summed E-state index contributed by atoms with van der Waals surface area (Å²) in [5.74, 6) is 1.87. The zero-order chi connectivity index (χ0) is 18.4. The molecule has 1 unspecified atom stereocenters. The van der Waals surface area contributed by atoms with E-state index in [1.807, 2.05) is 11.0 Å². The van der Waals surface area contributed by atoms with Crippen LogP contribution in [-0.2, 0) is 10.2 Å². The second kappa shape index (κ2) is 9.07. The molecular weight excluding hydrogens is 378 g/mol. The Morgan fingerprint density at radius 3 is 2.72 bits per heavy atom. The highest BCUT2D eigenvalue weighted by molar-refractivity contribution is 9.10. The van der Waals surface area contributed by atoms with Crippen molar-refractivity contribution in [1.29, 1.82) is 0 Å². The first kappa shape index (κ1) is 20.3. The summed E-state index contributed by atoms with van der Waals surface area (Å²) in [5, 5.41) is 0. The molecule has 0 aromatic heterocycles. The highest BCUT2D eigenvalue weighted by atomic mass is 79.9. The largest absolute Gasteiger partial charge is 0.492 e. The first-order valence-corrected chi connectivity index (χ1v) is 10.3. The van der Waals surface area contributed by atoms with Gasteiger partial charge < -0.3 is 9.64 Å². The number of hydrogen-bond acceptors (Lipinski definition) is 2. The van der Waals surface area contributed by atoms with E-state index in [9.17, 15) is 4.79 Å². The van der Waals surface area contributed by atoms with Crippen molar-refractivity contribution in [2.24, 2.45) is 5.92 Å². The minimum atomic E-state index is 0.123. The maximum Gasteiger partial charge on any atom is 0.222 e. The normalized spacial score (nSPS) is 18.8. The molecule has 3 nitrogen and oxygen atoms in total. The number of rotatable bonds is 5. The quantitative estimate of drug-likeness (QED) is 0.596. The van der Waals surface area contributed by atoms with Crippen LogP contribution in [0.4, 0.5) is 0 Å². The fourth-order valence-corrected chi connectivity index (χ4v) is 3.65. The van der Waals surface area contributed by atoms with Gasteiger partial charge in [-0.3, -0.25) is 4.79 Å². The fourth-order valence-electron chi connectivity index (χ4n) is 3.16. The molecule has 0 radical (unpaired) electrons. The number of likely N-dealkylation sites (tertiary alicyclic amines) is 1. The third-order valence-electron chi connectivity index (χ3n) is 4.96. The first-order chi connectivity index (χ1) is 11.8. The van der Waals surface area contributed by atoms with Gasteiger partial charge in [-0.15, -0.1) is 0 Å². The van der Waals surface area contributed by atoms with E-state index in [-0.39, 0.29) is 11.3 Å². The predicted molar refractivity (Wildman–Crippen MR) is 107 cm³/mol. The van der Waals surface area contributed by atoms with E-state index in [1.165, 1.54) is 12.0 Å². The summed E-state index contributed by atoms with van der Waals surface area (Å²) in [6, 6.07) is 6.26. The Kier molecular flexibility index (Phi) is 7.36. The van der Waals surface area contributed by atoms with E-state index < -0.39 is 0 Å². The van der Waals surface area contributed by atoms with Crippen LogP contribution in [0, 0.1) is 5.92 Å². The van der Waals surface area contributed by atoms with Crippen LogP contribution in [0.3, 0.4) is 0 Å². The highest BCUT2D eigenvalue weighted by Crippen LogP contribution is 2.31. The Bertz CT molecular complexity index is 580. The van der Waals surface area contributed by atoms with E-state index in [2.05, 4.69) is 55.8 Å². The predicted octanol–water partition coefficient (Wildman–Crippen LogP) is 5.55. The second-order valence-corrected chi connectivity index (χ2v) is 9.12. The van der Waals surface area contributed by atoms with Gasteiger partial charge in [0.1, 0.15) is 5.75 Å². The maximum absolute atomic E-state index is 12.4. The van der Waals surface area contributed by atoms with Gasteiger partial charge in [0.25, 0.3) is 0 Å². The molecule has 1 atom stereocenters. The van der Waals surface area contributed by atoms with Crippen molar-refractivity contribution >= 4 is 21.8 Å². The molecule has 0 spiro atoms. The summed E-state index contributed by atoms with van der Waals surface area (Å²) >= 11 is 3.60. The van der Waals surface area contributed by atoms with Crippen molar-refractivity contribution in [2.45, 2.75) is 65.2 Å². The van der Waals surface area contributed by atoms with E-state index in [0.29, 0.717) is 13.0 Å². The standard InChI is InChI=1S/C21H32BrNO2/c1-16-7-5-12-23(13-11-16)20(24)8-6-14-25-19-10-9-17(15-18(19)22)21(2,3)4/h9-10,15-16H,5-8,11-14H2,1-4H3. The Morgan fingerprint density at radius 2 is 2.04 bits per heavy atom. The van der Waals surface area contributed by atoms with E-state index in [0.717, 1.165) is 48.5 Å². The third-order valence-corrected chi connectivity index (χ3v) is 5.58. The molecule has 0 N–H and O–H groups in total. The molecule has 0 aliphatic carbocycles. The molecule has 1 aromatic carbocycles. The molecule has 1 heterocycles. The first-order valence-electron chi connectivity index (χ1n) is 9.48. The summed E-state index contributed by atoms with van der Waals surface area (Å²) in [6.07, 6.45) is 4.85. The van der Waals surface area contributed by atoms with Crippen LogP contribution >= 0.6 is 15.9 Å². The molecule has 1 aliphatic heterocycles. The number of carbonyl (C=O) groups is 1. The summed E-state index contributed by atoms with van der Waals surface area (Å²) in [6.45, 7) is 11.3. The Hall–Kier alpha value is -1.03. The van der Waals surface area contributed by atoms with Gasteiger partial charge in [0.2, 0.25) is 5.91 Å². The summed E-state index contributed by atoms with van der Waals surface area (Å²) in [5.41, 5.74) is 1.40. The van der Waals surface area contributed by atoms with Crippen molar-refractivity contribution < 1.29 is 9.53 Å². The molecule has 140 valence electrons. The van der Waals surface area contributed by atoms with Gasteiger partial charge in [0.05, 0.1) is 11.1 Å². The molecule has 1 amide bonds. The molecule has 4 heteroatoms. The Labute approximate surface area is 161 Å². The summed E-state index contributed by atoms with van der Waals surface area (Å²) in [7, 11) is 0. The van der Waals surface area contributed by atoms with Crippen LogP contribution in [0.25, 0.3) is 0 Å². The Balaban J connectivity index is 1.76. The zero-order valence-corrected chi connectivity index (χ0v) is 17.7. The minimum absolute atomic E-state index is 0.123. The molecule has 25 heavy (non-hydrogen) atoms.